The summed E-state index contributed by atoms with van der Waals surface area (Å²) in [5.41, 5.74) is 0. The van der Waals surface area contributed by atoms with E-state index in [1.54, 1.807) is 11.3 Å². The molecule has 2 aromatic rings. The molecule has 1 N–H and O–H groups in total. The lowest BCUT2D eigenvalue weighted by atomic mass is 10.1. The molecule has 1 saturated carbocycles. The Morgan fingerprint density at radius 3 is 2.95 bits per heavy atom. The number of aliphatic hydroxyl groups is 1. The van der Waals surface area contributed by atoms with Crippen molar-refractivity contribution in [3.63, 3.8) is 0 Å². The van der Waals surface area contributed by atoms with Crippen molar-refractivity contribution in [1.29, 1.82) is 0 Å². The topological polar surface area (TPSA) is 49.2 Å². The maximum Gasteiger partial charge on any atom is 0.140 e. The van der Waals surface area contributed by atoms with E-state index in [0.717, 1.165) is 54.1 Å². The second-order valence-electron chi connectivity index (χ2n) is 5.60. The van der Waals surface area contributed by atoms with Gasteiger partial charge in [-0.3, -0.25) is 0 Å². The Morgan fingerprint density at radius 2 is 2.25 bits per heavy atom. The first-order chi connectivity index (χ1) is 9.69. The lowest BCUT2D eigenvalue weighted by molar-refractivity contribution is 0.136. The van der Waals surface area contributed by atoms with Crippen LogP contribution < -0.4 is 4.90 Å². The minimum atomic E-state index is -0.150. The van der Waals surface area contributed by atoms with Gasteiger partial charge < -0.3 is 10.0 Å². The van der Waals surface area contributed by atoms with E-state index in [-0.39, 0.29) is 6.10 Å². The van der Waals surface area contributed by atoms with Crippen LogP contribution in [0.25, 0.3) is 10.2 Å². The molecule has 2 unspecified atom stereocenters. The van der Waals surface area contributed by atoms with E-state index in [9.17, 15) is 5.11 Å². The molecule has 0 saturated heterocycles. The van der Waals surface area contributed by atoms with Gasteiger partial charge in [0.2, 0.25) is 0 Å². The molecule has 5 heteroatoms. The molecule has 0 aliphatic heterocycles. The molecule has 1 aliphatic rings. The van der Waals surface area contributed by atoms with Crippen molar-refractivity contribution in [3.05, 3.63) is 17.3 Å². The lowest BCUT2D eigenvalue weighted by Gasteiger charge is -2.25. The molecular formula is C15H21N3OS. The predicted octanol–water partition coefficient (Wildman–Crippen LogP) is 2.85. The minimum absolute atomic E-state index is 0.150. The fourth-order valence-electron chi connectivity index (χ4n) is 3.00. The molecule has 2 atom stereocenters. The van der Waals surface area contributed by atoms with Crippen molar-refractivity contribution < 1.29 is 5.11 Å². The molecular weight excluding hydrogens is 270 g/mol. The smallest absolute Gasteiger partial charge is 0.140 e. The van der Waals surface area contributed by atoms with Crippen LogP contribution in [0, 0.1) is 5.92 Å². The van der Waals surface area contributed by atoms with Crippen LogP contribution in [0.5, 0.6) is 0 Å². The summed E-state index contributed by atoms with van der Waals surface area (Å²) in [6, 6.07) is 2.09. The van der Waals surface area contributed by atoms with E-state index in [0.29, 0.717) is 5.92 Å². The number of hydrogen-bond donors (Lipinski definition) is 1. The van der Waals surface area contributed by atoms with Crippen LogP contribution in [0.3, 0.4) is 0 Å². The van der Waals surface area contributed by atoms with Gasteiger partial charge >= 0.3 is 0 Å². The Bertz CT molecular complexity index is 598. The fourth-order valence-corrected chi connectivity index (χ4v) is 3.78. The molecule has 0 bridgehead atoms. The van der Waals surface area contributed by atoms with E-state index in [1.165, 1.54) is 0 Å². The van der Waals surface area contributed by atoms with Crippen LogP contribution in [0.2, 0.25) is 0 Å². The van der Waals surface area contributed by atoms with Gasteiger partial charge in [0.15, 0.2) is 0 Å². The molecule has 2 aromatic heterocycles. The van der Waals surface area contributed by atoms with Gasteiger partial charge in [0.25, 0.3) is 0 Å². The number of rotatable bonds is 4. The third-order valence-corrected chi connectivity index (χ3v) is 4.96. The molecule has 3 rings (SSSR count). The van der Waals surface area contributed by atoms with E-state index in [2.05, 4.69) is 35.3 Å². The number of thiophene rings is 1. The molecule has 0 spiro atoms. The number of hydrogen-bond acceptors (Lipinski definition) is 5. The molecule has 4 nitrogen and oxygen atoms in total. The van der Waals surface area contributed by atoms with Crippen LogP contribution in [-0.4, -0.2) is 34.8 Å². The van der Waals surface area contributed by atoms with E-state index in [4.69, 9.17) is 4.98 Å². The zero-order chi connectivity index (χ0) is 14.1. The SMILES string of the molecule is CCc1nc(N(C)CC2CCCC2O)c2ccsc2n1. The van der Waals surface area contributed by atoms with Crippen molar-refractivity contribution in [2.45, 2.75) is 38.7 Å². The largest absolute Gasteiger partial charge is 0.393 e. The summed E-state index contributed by atoms with van der Waals surface area (Å²) in [4.78, 5) is 12.5. The molecule has 0 amide bonds. The van der Waals surface area contributed by atoms with Crippen LogP contribution in [0.15, 0.2) is 11.4 Å². The number of aromatic nitrogens is 2. The highest BCUT2D eigenvalue weighted by Crippen LogP contribution is 2.31. The molecule has 20 heavy (non-hydrogen) atoms. The van der Waals surface area contributed by atoms with Gasteiger partial charge in [-0.2, -0.15) is 0 Å². The summed E-state index contributed by atoms with van der Waals surface area (Å²) in [5.74, 6) is 2.27. The first-order valence-corrected chi connectivity index (χ1v) is 8.20. The zero-order valence-electron chi connectivity index (χ0n) is 12.0. The number of fused-ring (bicyclic) bond motifs is 1. The van der Waals surface area contributed by atoms with Crippen LogP contribution in [0.4, 0.5) is 5.82 Å². The number of nitrogens with zero attached hydrogens (tertiary/aromatic N) is 3. The highest BCUT2D eigenvalue weighted by molar-refractivity contribution is 7.16. The average molecular weight is 291 g/mol. The Hall–Kier alpha value is -1.20. The summed E-state index contributed by atoms with van der Waals surface area (Å²) in [6.07, 6.45) is 3.89. The highest BCUT2D eigenvalue weighted by atomic mass is 32.1. The van der Waals surface area contributed by atoms with E-state index in [1.807, 2.05) is 0 Å². The summed E-state index contributed by atoms with van der Waals surface area (Å²) < 4.78 is 0. The van der Waals surface area contributed by atoms with Crippen molar-refractivity contribution in [3.8, 4) is 0 Å². The highest BCUT2D eigenvalue weighted by Gasteiger charge is 2.27. The second-order valence-corrected chi connectivity index (χ2v) is 6.49. The third-order valence-electron chi connectivity index (χ3n) is 4.16. The van der Waals surface area contributed by atoms with Gasteiger partial charge in [-0.1, -0.05) is 13.3 Å². The van der Waals surface area contributed by atoms with Gasteiger partial charge in [-0.05, 0) is 24.3 Å². The van der Waals surface area contributed by atoms with Gasteiger partial charge in [0.05, 0.1) is 11.5 Å². The van der Waals surface area contributed by atoms with Crippen molar-refractivity contribution in [2.75, 3.05) is 18.5 Å². The second kappa shape index (κ2) is 5.66. The summed E-state index contributed by atoms with van der Waals surface area (Å²) in [7, 11) is 2.07. The molecule has 1 fully saturated rings. The summed E-state index contributed by atoms with van der Waals surface area (Å²) >= 11 is 1.66. The Balaban J connectivity index is 1.89. The third kappa shape index (κ3) is 2.52. The predicted molar refractivity (Wildman–Crippen MR) is 83.4 cm³/mol. The number of aliphatic hydroxyl groups excluding tert-OH is 1. The van der Waals surface area contributed by atoms with Crippen molar-refractivity contribution in [2.24, 2.45) is 5.92 Å². The maximum atomic E-state index is 10.0. The van der Waals surface area contributed by atoms with Crippen LogP contribution in [-0.2, 0) is 6.42 Å². The standard InChI is InChI=1S/C15H21N3OS/c1-3-13-16-14(11-7-8-20-15(11)17-13)18(2)9-10-5-4-6-12(10)19/h7-8,10,12,19H,3-6,9H2,1-2H3. The maximum absolute atomic E-state index is 10.0. The van der Waals surface area contributed by atoms with Crippen molar-refractivity contribution >= 4 is 27.4 Å². The average Bonchev–Trinajstić information content (AvgIpc) is 3.06. The molecule has 0 radical (unpaired) electrons. The normalized spacial score (nSPS) is 22.6. The van der Waals surface area contributed by atoms with Gasteiger partial charge in [-0.15, -0.1) is 11.3 Å². The first-order valence-electron chi connectivity index (χ1n) is 7.32. The number of aryl methyl sites for hydroxylation is 1. The Kier molecular flexibility index (Phi) is 3.89. The van der Waals surface area contributed by atoms with Gasteiger partial charge in [-0.25, -0.2) is 9.97 Å². The Labute approximate surface area is 123 Å². The minimum Gasteiger partial charge on any atom is -0.393 e. The first kappa shape index (κ1) is 13.8. The van der Waals surface area contributed by atoms with Crippen LogP contribution in [0.1, 0.15) is 32.0 Å². The van der Waals surface area contributed by atoms with Crippen molar-refractivity contribution in [1.82, 2.24) is 9.97 Å². The zero-order valence-corrected chi connectivity index (χ0v) is 12.9. The molecule has 1 aliphatic carbocycles. The Morgan fingerprint density at radius 1 is 1.40 bits per heavy atom. The van der Waals surface area contributed by atoms with Crippen LogP contribution >= 0.6 is 11.3 Å². The molecule has 2 heterocycles. The number of anilines is 1. The van der Waals surface area contributed by atoms with E-state index < -0.39 is 0 Å². The monoisotopic (exact) mass is 291 g/mol. The van der Waals surface area contributed by atoms with Gasteiger partial charge in [0, 0.05) is 25.9 Å². The quantitative estimate of drug-likeness (QED) is 0.941. The molecule has 0 aromatic carbocycles. The molecule has 108 valence electrons. The van der Waals surface area contributed by atoms with E-state index >= 15 is 0 Å². The summed E-state index contributed by atoms with van der Waals surface area (Å²) in [5, 5.41) is 13.2. The fraction of sp³-hybridized carbons (Fsp3) is 0.600. The lowest BCUT2D eigenvalue weighted by Crippen LogP contribution is -2.30. The summed E-state index contributed by atoms with van der Waals surface area (Å²) in [6.45, 7) is 2.95. The van der Waals surface area contributed by atoms with Gasteiger partial charge in [0.1, 0.15) is 16.5 Å².